The van der Waals surface area contributed by atoms with Crippen LogP contribution in [-0.4, -0.2) is 72.5 Å². The van der Waals surface area contributed by atoms with Crippen molar-refractivity contribution in [3.05, 3.63) is 25.3 Å². The van der Waals surface area contributed by atoms with Crippen LogP contribution in [0.25, 0.3) is 0 Å². The minimum absolute atomic E-state index is 0.209. The lowest BCUT2D eigenvalue weighted by atomic mass is 9.86. The van der Waals surface area contributed by atoms with Gasteiger partial charge in [-0.2, -0.15) is 70.2 Å². The fourth-order valence-corrected chi connectivity index (χ4v) is 2.24. The minimum atomic E-state index is -8.57. The largest absolute Gasteiger partial charge is 0.462 e. The van der Waals surface area contributed by atoms with Crippen molar-refractivity contribution < 1.29 is 89.3 Å². The average Bonchev–Trinajstić information content (AvgIpc) is 2.77. The highest BCUT2D eigenvalue weighted by Gasteiger charge is 2.94. The molecule has 0 radical (unpaired) electrons. The van der Waals surface area contributed by atoms with Gasteiger partial charge in [-0.1, -0.05) is 13.2 Å². The van der Waals surface area contributed by atoms with Crippen LogP contribution in [0.1, 0.15) is 12.8 Å². The first-order chi connectivity index (χ1) is 16.7. The van der Waals surface area contributed by atoms with Gasteiger partial charge in [0.2, 0.25) is 0 Å². The van der Waals surface area contributed by atoms with Gasteiger partial charge in [0.1, 0.15) is 0 Å². The summed E-state index contributed by atoms with van der Waals surface area (Å²) in [5, 5.41) is 0. The molecule has 0 aliphatic heterocycles. The summed E-state index contributed by atoms with van der Waals surface area (Å²) in [4.78, 5) is 21.3. The van der Waals surface area contributed by atoms with Gasteiger partial charge in [-0.3, -0.25) is 0 Å². The third-order valence-corrected chi connectivity index (χ3v) is 4.54. The van der Waals surface area contributed by atoms with E-state index in [2.05, 4.69) is 22.6 Å². The van der Waals surface area contributed by atoms with Gasteiger partial charge >= 0.3 is 59.3 Å². The molecular formula is C18H14F16O4. The van der Waals surface area contributed by atoms with Gasteiger partial charge in [-0.05, 0) is 0 Å². The van der Waals surface area contributed by atoms with Crippen LogP contribution in [0.4, 0.5) is 70.2 Å². The van der Waals surface area contributed by atoms with Crippen molar-refractivity contribution in [2.24, 2.45) is 0 Å². The maximum Gasteiger partial charge on any atom is 0.384 e. The summed E-state index contributed by atoms with van der Waals surface area (Å²) in [5.41, 5.74) is 0. The normalized spacial score (nSPS) is 14.6. The third kappa shape index (κ3) is 5.67. The Morgan fingerprint density at radius 2 is 0.684 bits per heavy atom. The Kier molecular flexibility index (Phi) is 10.0. The minimum Gasteiger partial charge on any atom is -0.462 e. The standard InChI is InChI=1S/C18H14F16O4/c1-3-9(35)37-7-5-11(19,20)13(23,24)15(27,28)17(31,32)18(33,34)16(29,30)14(25,26)12(21,22)6-8-38-10(36)4-2/h3-4H,1-2,5-8H2. The van der Waals surface area contributed by atoms with Crippen molar-refractivity contribution in [3.63, 3.8) is 0 Å². The van der Waals surface area contributed by atoms with Gasteiger partial charge in [-0.25, -0.2) is 9.59 Å². The molecule has 0 rings (SSSR count). The molecule has 0 fully saturated rings. The Hall–Kier alpha value is -2.70. The van der Waals surface area contributed by atoms with Gasteiger partial charge in [0, 0.05) is 12.2 Å². The van der Waals surface area contributed by atoms with E-state index in [-0.39, 0.29) is 12.2 Å². The number of alkyl halides is 16. The first-order valence-corrected chi connectivity index (χ1v) is 9.27. The van der Waals surface area contributed by atoms with E-state index in [1.165, 1.54) is 0 Å². The lowest BCUT2D eigenvalue weighted by molar-refractivity contribution is -0.453. The van der Waals surface area contributed by atoms with Crippen LogP contribution >= 0.6 is 0 Å². The summed E-state index contributed by atoms with van der Waals surface area (Å²) in [7, 11) is 0. The molecule has 4 nitrogen and oxygen atoms in total. The molecule has 0 aromatic carbocycles. The number of hydrogen-bond acceptors (Lipinski definition) is 4. The first kappa shape index (κ1) is 35.3. The van der Waals surface area contributed by atoms with Crippen LogP contribution in [-0.2, 0) is 19.1 Å². The topological polar surface area (TPSA) is 52.6 Å². The first-order valence-electron chi connectivity index (χ1n) is 9.27. The fourth-order valence-electron chi connectivity index (χ4n) is 2.24. The summed E-state index contributed by atoms with van der Waals surface area (Å²) in [6.45, 7) is 1.41. The quantitative estimate of drug-likeness (QED) is 0.126. The Morgan fingerprint density at radius 3 is 0.895 bits per heavy atom. The van der Waals surface area contributed by atoms with E-state index in [0.29, 0.717) is 0 Å². The molecule has 222 valence electrons. The molecule has 0 atom stereocenters. The van der Waals surface area contributed by atoms with Crippen molar-refractivity contribution in [3.8, 4) is 0 Å². The SMILES string of the molecule is C=CC(=O)OCCC(F)(F)C(F)(F)C(F)(F)C(F)(F)C(F)(F)C(F)(F)C(F)(F)C(F)(F)CCOC(=O)C=C. The van der Waals surface area contributed by atoms with Crippen molar-refractivity contribution in [1.82, 2.24) is 0 Å². The van der Waals surface area contributed by atoms with E-state index in [1.807, 2.05) is 0 Å². The smallest absolute Gasteiger partial charge is 0.384 e. The summed E-state index contributed by atoms with van der Waals surface area (Å²) < 4.78 is 227. The van der Waals surface area contributed by atoms with Crippen molar-refractivity contribution in [2.45, 2.75) is 60.2 Å². The Balaban J connectivity index is 6.41. The molecule has 0 saturated heterocycles. The van der Waals surface area contributed by atoms with Crippen LogP contribution in [0.15, 0.2) is 25.3 Å². The van der Waals surface area contributed by atoms with Crippen molar-refractivity contribution in [2.75, 3.05) is 13.2 Å². The molecule has 0 N–H and O–H groups in total. The van der Waals surface area contributed by atoms with E-state index in [0.717, 1.165) is 0 Å². The van der Waals surface area contributed by atoms with E-state index in [9.17, 15) is 79.8 Å². The molecule has 20 heteroatoms. The second kappa shape index (κ2) is 10.8. The molecule has 38 heavy (non-hydrogen) atoms. The molecular weight excluding hydrogens is 584 g/mol. The highest BCUT2D eigenvalue weighted by Crippen LogP contribution is 2.64. The van der Waals surface area contributed by atoms with Crippen LogP contribution in [0.3, 0.4) is 0 Å². The van der Waals surface area contributed by atoms with Gasteiger partial charge in [0.05, 0.1) is 26.1 Å². The molecule has 0 heterocycles. The number of hydrogen-bond donors (Lipinski definition) is 0. The van der Waals surface area contributed by atoms with Gasteiger partial charge < -0.3 is 9.47 Å². The Bertz CT molecular complexity index is 825. The van der Waals surface area contributed by atoms with Crippen molar-refractivity contribution >= 4 is 11.9 Å². The lowest BCUT2D eigenvalue weighted by Gasteiger charge is -2.43. The maximum atomic E-state index is 13.8. The maximum absolute atomic E-state index is 13.8. The molecule has 0 aliphatic rings. The molecule has 0 aliphatic carbocycles. The predicted molar refractivity (Wildman–Crippen MR) is 91.1 cm³/mol. The fraction of sp³-hybridized carbons (Fsp3) is 0.667. The van der Waals surface area contributed by atoms with Crippen molar-refractivity contribution in [1.29, 1.82) is 0 Å². The highest BCUT2D eigenvalue weighted by atomic mass is 19.4. The zero-order valence-electron chi connectivity index (χ0n) is 18.1. The van der Waals surface area contributed by atoms with Crippen LogP contribution < -0.4 is 0 Å². The molecule has 0 aromatic rings. The summed E-state index contributed by atoms with van der Waals surface area (Å²) >= 11 is 0. The summed E-state index contributed by atoms with van der Waals surface area (Å²) in [6.07, 6.45) is -5.24. The van der Waals surface area contributed by atoms with Crippen LogP contribution in [0.2, 0.25) is 0 Å². The molecule has 0 amide bonds. The summed E-state index contributed by atoms with van der Waals surface area (Å²) in [5.74, 6) is -65.8. The number of carbonyl (C=O) groups is 2. The Morgan fingerprint density at radius 1 is 0.474 bits per heavy atom. The Labute approximate surface area is 201 Å². The van der Waals surface area contributed by atoms with Gasteiger partial charge in [0.25, 0.3) is 0 Å². The number of rotatable bonds is 15. The predicted octanol–water partition coefficient (Wildman–Crippen LogP) is 6.31. The molecule has 0 unspecified atom stereocenters. The zero-order chi connectivity index (χ0) is 30.8. The van der Waals surface area contributed by atoms with Crippen LogP contribution in [0, 0.1) is 0 Å². The average molecular weight is 598 g/mol. The van der Waals surface area contributed by atoms with E-state index < -0.39 is 85.4 Å². The second-order valence-corrected chi connectivity index (χ2v) is 7.10. The van der Waals surface area contributed by atoms with E-state index in [1.54, 1.807) is 0 Å². The third-order valence-electron chi connectivity index (χ3n) is 4.54. The van der Waals surface area contributed by atoms with Gasteiger partial charge in [0.15, 0.2) is 0 Å². The number of carbonyl (C=O) groups excluding carboxylic acids is 2. The summed E-state index contributed by atoms with van der Waals surface area (Å²) in [6, 6.07) is 0. The van der Waals surface area contributed by atoms with Gasteiger partial charge in [-0.15, -0.1) is 0 Å². The monoisotopic (exact) mass is 598 g/mol. The van der Waals surface area contributed by atoms with E-state index in [4.69, 9.17) is 0 Å². The number of esters is 2. The second-order valence-electron chi connectivity index (χ2n) is 7.10. The molecule has 0 bridgehead atoms. The highest BCUT2D eigenvalue weighted by molar-refractivity contribution is 5.81. The molecule has 0 spiro atoms. The number of halogens is 16. The molecule has 0 aromatic heterocycles. The molecule has 0 saturated carbocycles. The lowest BCUT2D eigenvalue weighted by Crippen LogP contribution is -2.74. The van der Waals surface area contributed by atoms with E-state index >= 15 is 0 Å². The number of ether oxygens (including phenoxy) is 2. The van der Waals surface area contributed by atoms with Crippen LogP contribution in [0.5, 0.6) is 0 Å². The zero-order valence-corrected chi connectivity index (χ0v) is 18.1.